The first-order chi connectivity index (χ1) is 9.44. The van der Waals surface area contributed by atoms with Crippen molar-refractivity contribution in [1.29, 1.82) is 0 Å². The van der Waals surface area contributed by atoms with E-state index in [2.05, 4.69) is 19.9 Å². The van der Waals surface area contributed by atoms with E-state index < -0.39 is 10.0 Å². The summed E-state index contributed by atoms with van der Waals surface area (Å²) >= 11 is 0. The van der Waals surface area contributed by atoms with Crippen molar-refractivity contribution in [3.05, 3.63) is 23.4 Å². The van der Waals surface area contributed by atoms with E-state index in [1.54, 1.807) is 6.07 Å². The lowest BCUT2D eigenvalue weighted by atomic mass is 10.2. The van der Waals surface area contributed by atoms with Crippen molar-refractivity contribution >= 4 is 15.8 Å². The summed E-state index contributed by atoms with van der Waals surface area (Å²) in [7, 11) is -3.34. The van der Waals surface area contributed by atoms with E-state index in [0.29, 0.717) is 12.4 Å². The normalized spacial score (nSPS) is 17.1. The monoisotopic (exact) mass is 298 g/mol. The molecule has 2 N–H and O–H groups in total. The summed E-state index contributed by atoms with van der Waals surface area (Å²) in [5.41, 5.74) is 1.81. The fourth-order valence-corrected chi connectivity index (χ4v) is 3.31. The van der Waals surface area contributed by atoms with Crippen LogP contribution in [0.25, 0.3) is 0 Å². The number of pyridine rings is 1. The molecule has 20 heavy (non-hydrogen) atoms. The maximum atomic E-state index is 12.1. The van der Waals surface area contributed by atoms with Crippen LogP contribution in [0, 0.1) is 13.8 Å². The number of hydrogen-bond donors (Lipinski definition) is 2. The van der Waals surface area contributed by atoms with Crippen molar-refractivity contribution in [2.24, 2.45) is 0 Å². The summed E-state index contributed by atoms with van der Waals surface area (Å²) in [6.07, 6.45) is 0. The molecule has 1 aromatic heterocycles. The first-order valence-electron chi connectivity index (χ1n) is 6.83. The van der Waals surface area contributed by atoms with E-state index in [9.17, 15) is 8.42 Å². The van der Waals surface area contributed by atoms with Crippen LogP contribution in [0.5, 0.6) is 0 Å². The average molecular weight is 298 g/mol. The molecular formula is C13H22N4O2S. The first kappa shape index (κ1) is 15.2. The van der Waals surface area contributed by atoms with E-state index in [-0.39, 0.29) is 5.75 Å². The Kier molecular flexibility index (Phi) is 4.95. The van der Waals surface area contributed by atoms with Gasteiger partial charge >= 0.3 is 0 Å². The van der Waals surface area contributed by atoms with E-state index in [1.165, 1.54) is 0 Å². The highest BCUT2D eigenvalue weighted by Gasteiger charge is 2.16. The molecule has 0 saturated carbocycles. The van der Waals surface area contributed by atoms with Crippen LogP contribution >= 0.6 is 0 Å². The van der Waals surface area contributed by atoms with E-state index in [4.69, 9.17) is 0 Å². The van der Waals surface area contributed by atoms with Gasteiger partial charge in [0.15, 0.2) is 0 Å². The zero-order valence-corrected chi connectivity index (χ0v) is 12.8. The van der Waals surface area contributed by atoms with E-state index >= 15 is 0 Å². The van der Waals surface area contributed by atoms with Crippen LogP contribution in [-0.4, -0.2) is 56.8 Å². The van der Waals surface area contributed by atoms with Gasteiger partial charge in [0.1, 0.15) is 5.82 Å². The Morgan fingerprint density at radius 2 is 2.00 bits per heavy atom. The number of piperazine rings is 1. The molecule has 1 aliphatic heterocycles. The van der Waals surface area contributed by atoms with Gasteiger partial charge in [0.2, 0.25) is 10.0 Å². The van der Waals surface area contributed by atoms with Crippen molar-refractivity contribution in [2.45, 2.75) is 13.8 Å². The van der Waals surface area contributed by atoms with Crippen molar-refractivity contribution in [3.8, 4) is 0 Å². The highest BCUT2D eigenvalue weighted by atomic mass is 32.2. The van der Waals surface area contributed by atoms with Crippen LogP contribution in [0.1, 0.15) is 11.3 Å². The molecule has 0 spiro atoms. The number of nitrogens with zero attached hydrogens (tertiary/aromatic N) is 2. The fraction of sp³-hybridized carbons (Fsp3) is 0.615. The van der Waals surface area contributed by atoms with Gasteiger partial charge in [-0.2, -0.15) is 0 Å². The Morgan fingerprint density at radius 3 is 2.65 bits per heavy atom. The molecular weight excluding hydrogens is 276 g/mol. The third-order valence-electron chi connectivity index (χ3n) is 3.24. The lowest BCUT2D eigenvalue weighted by Gasteiger charge is -2.26. The number of sulfonamides is 1. The summed E-state index contributed by atoms with van der Waals surface area (Å²) in [6, 6.07) is 3.66. The maximum absolute atomic E-state index is 12.1. The van der Waals surface area contributed by atoms with Gasteiger partial charge in [0.05, 0.1) is 5.75 Å². The minimum atomic E-state index is -3.34. The molecule has 1 saturated heterocycles. The minimum Gasteiger partial charge on any atom is -0.314 e. The highest BCUT2D eigenvalue weighted by Crippen LogP contribution is 2.11. The second-order valence-electron chi connectivity index (χ2n) is 5.18. The number of anilines is 1. The third kappa shape index (κ3) is 4.73. The average Bonchev–Trinajstić information content (AvgIpc) is 2.36. The van der Waals surface area contributed by atoms with Gasteiger partial charge in [0, 0.05) is 38.4 Å². The fourth-order valence-electron chi connectivity index (χ4n) is 2.29. The van der Waals surface area contributed by atoms with Crippen molar-refractivity contribution in [2.75, 3.05) is 43.2 Å². The second-order valence-corrected chi connectivity index (χ2v) is 7.03. The van der Waals surface area contributed by atoms with Gasteiger partial charge in [-0.25, -0.2) is 13.4 Å². The molecule has 7 heteroatoms. The summed E-state index contributed by atoms with van der Waals surface area (Å²) in [5.74, 6) is 0.504. The molecule has 0 bridgehead atoms. The minimum absolute atomic E-state index is 0.0989. The lowest BCUT2D eigenvalue weighted by Crippen LogP contribution is -2.45. The molecule has 0 radical (unpaired) electrons. The molecule has 1 fully saturated rings. The number of aromatic nitrogens is 1. The van der Waals surface area contributed by atoms with Crippen LogP contribution < -0.4 is 10.0 Å². The number of hydrogen-bond acceptors (Lipinski definition) is 5. The summed E-state index contributed by atoms with van der Waals surface area (Å²) in [4.78, 5) is 6.36. The zero-order valence-electron chi connectivity index (χ0n) is 12.0. The Hall–Kier alpha value is -1.18. The van der Waals surface area contributed by atoms with Crippen molar-refractivity contribution < 1.29 is 8.42 Å². The quantitative estimate of drug-likeness (QED) is 0.820. The number of rotatable bonds is 5. The van der Waals surface area contributed by atoms with Crippen LogP contribution in [0.2, 0.25) is 0 Å². The molecule has 0 aliphatic carbocycles. The summed E-state index contributed by atoms with van der Waals surface area (Å²) in [5, 5.41) is 3.25. The largest absolute Gasteiger partial charge is 0.314 e. The van der Waals surface area contributed by atoms with Gasteiger partial charge in [-0.05, 0) is 31.5 Å². The molecule has 2 heterocycles. The smallest absolute Gasteiger partial charge is 0.235 e. The number of nitrogens with one attached hydrogen (secondary N) is 2. The van der Waals surface area contributed by atoms with Gasteiger partial charge in [-0.1, -0.05) is 0 Å². The Morgan fingerprint density at radius 1 is 1.30 bits per heavy atom. The van der Waals surface area contributed by atoms with E-state index in [0.717, 1.165) is 37.4 Å². The van der Waals surface area contributed by atoms with Crippen LogP contribution in [0.4, 0.5) is 5.82 Å². The molecule has 0 atom stereocenters. The van der Waals surface area contributed by atoms with E-state index in [1.807, 2.05) is 19.9 Å². The SMILES string of the molecule is Cc1cc(C)nc(NS(=O)(=O)CCN2CCNCC2)c1. The highest BCUT2D eigenvalue weighted by molar-refractivity contribution is 7.92. The summed E-state index contributed by atoms with van der Waals surface area (Å²) < 4.78 is 26.7. The van der Waals surface area contributed by atoms with Crippen molar-refractivity contribution in [3.63, 3.8) is 0 Å². The van der Waals surface area contributed by atoms with Gasteiger partial charge < -0.3 is 5.32 Å². The Labute approximate surface area is 120 Å². The Bertz CT molecular complexity index is 533. The molecule has 112 valence electrons. The predicted octanol–water partition coefficient (Wildman–Crippen LogP) is 0.345. The number of aryl methyl sites for hydroxylation is 2. The molecule has 1 aliphatic rings. The van der Waals surface area contributed by atoms with Gasteiger partial charge in [-0.15, -0.1) is 0 Å². The van der Waals surface area contributed by atoms with Gasteiger partial charge in [0.25, 0.3) is 0 Å². The second kappa shape index (κ2) is 6.51. The molecule has 0 amide bonds. The van der Waals surface area contributed by atoms with Gasteiger partial charge in [-0.3, -0.25) is 9.62 Å². The zero-order chi connectivity index (χ0) is 14.6. The molecule has 1 aromatic rings. The molecule has 2 rings (SSSR count). The molecule has 6 nitrogen and oxygen atoms in total. The molecule has 0 aromatic carbocycles. The third-order valence-corrected chi connectivity index (χ3v) is 4.48. The maximum Gasteiger partial charge on any atom is 0.235 e. The Balaban J connectivity index is 1.92. The first-order valence-corrected chi connectivity index (χ1v) is 8.49. The lowest BCUT2D eigenvalue weighted by molar-refractivity contribution is 0.254. The van der Waals surface area contributed by atoms with Crippen LogP contribution in [0.3, 0.4) is 0 Å². The van der Waals surface area contributed by atoms with Crippen LogP contribution in [-0.2, 0) is 10.0 Å². The summed E-state index contributed by atoms with van der Waals surface area (Å²) in [6.45, 7) is 7.98. The van der Waals surface area contributed by atoms with Crippen molar-refractivity contribution in [1.82, 2.24) is 15.2 Å². The topological polar surface area (TPSA) is 74.3 Å². The van der Waals surface area contributed by atoms with Crippen LogP contribution in [0.15, 0.2) is 12.1 Å². The molecule has 0 unspecified atom stereocenters. The standard InChI is InChI=1S/C13H22N4O2S/c1-11-9-12(2)15-13(10-11)16-20(18,19)8-7-17-5-3-14-4-6-17/h9-10,14H,3-8H2,1-2H3,(H,15,16). The predicted molar refractivity (Wildman–Crippen MR) is 80.4 cm³/mol.